The number of aliphatic hydroxyl groups is 1. The molecule has 1 N–H and O–H groups in total. The number of aliphatic hydroxyl groups excluding tert-OH is 1. The van der Waals surface area contributed by atoms with E-state index in [-0.39, 0.29) is 11.3 Å². The van der Waals surface area contributed by atoms with Crippen molar-refractivity contribution in [1.29, 1.82) is 0 Å². The first-order valence-electron chi connectivity index (χ1n) is 9.46. The highest BCUT2D eigenvalue weighted by Gasteiger charge is 2.50. The largest absolute Gasteiger partial charge is 0.391 e. The van der Waals surface area contributed by atoms with Crippen LogP contribution in [0.5, 0.6) is 0 Å². The molecule has 0 bridgehead atoms. The van der Waals surface area contributed by atoms with Crippen molar-refractivity contribution in [2.75, 3.05) is 19.6 Å². The van der Waals surface area contributed by atoms with Crippen LogP contribution in [0.15, 0.2) is 24.3 Å². The van der Waals surface area contributed by atoms with Gasteiger partial charge < -0.3 is 10.0 Å². The average molecular weight is 344 g/mol. The highest BCUT2D eigenvalue weighted by molar-refractivity contribution is 5.74. The van der Waals surface area contributed by atoms with E-state index < -0.39 is 11.6 Å². The first kappa shape index (κ1) is 18.4. The molecule has 25 heavy (non-hydrogen) atoms. The van der Waals surface area contributed by atoms with E-state index in [2.05, 4.69) is 36.1 Å². The van der Waals surface area contributed by atoms with E-state index in [4.69, 9.17) is 0 Å². The molecule has 1 amide bonds. The summed E-state index contributed by atoms with van der Waals surface area (Å²) >= 11 is 0. The molecule has 2 fully saturated rings. The maximum absolute atomic E-state index is 12.1. The Kier molecular flexibility index (Phi) is 4.95. The van der Waals surface area contributed by atoms with E-state index in [0.29, 0.717) is 0 Å². The molecule has 1 spiro atoms. The van der Waals surface area contributed by atoms with Crippen molar-refractivity contribution < 1.29 is 9.90 Å². The summed E-state index contributed by atoms with van der Waals surface area (Å²) in [7, 11) is 0. The molecule has 0 saturated carbocycles. The highest BCUT2D eigenvalue weighted by atomic mass is 16.3. The second kappa shape index (κ2) is 6.73. The molecule has 0 aromatic heterocycles. The third-order valence-electron chi connectivity index (χ3n) is 6.42. The van der Waals surface area contributed by atoms with Crippen LogP contribution < -0.4 is 0 Å². The van der Waals surface area contributed by atoms with Gasteiger partial charge in [0.05, 0.1) is 11.6 Å². The molecule has 0 unspecified atom stereocenters. The number of rotatable bonds is 2. The smallest absolute Gasteiger partial charge is 0.219 e. The lowest BCUT2D eigenvalue weighted by atomic mass is 9.67. The topological polar surface area (TPSA) is 43.8 Å². The molecule has 138 valence electrons. The molecule has 2 aliphatic heterocycles. The van der Waals surface area contributed by atoms with Crippen molar-refractivity contribution in [3.8, 4) is 0 Å². The molecular weight excluding hydrogens is 312 g/mol. The van der Waals surface area contributed by atoms with Gasteiger partial charge in [-0.2, -0.15) is 0 Å². The summed E-state index contributed by atoms with van der Waals surface area (Å²) in [5, 5.41) is 10.7. The zero-order chi connectivity index (χ0) is 18.2. The summed E-state index contributed by atoms with van der Waals surface area (Å²) in [6, 6.07) is 8.72. The molecular formula is C21H32N2O2. The number of hydrogen-bond acceptors (Lipinski definition) is 3. The van der Waals surface area contributed by atoms with Crippen molar-refractivity contribution in [3.63, 3.8) is 0 Å². The second-order valence-corrected chi connectivity index (χ2v) is 8.74. The molecule has 1 aromatic carbocycles. The molecule has 1 atom stereocenters. The minimum Gasteiger partial charge on any atom is -0.391 e. The number of carbonyl (C=O) groups is 1. The lowest BCUT2D eigenvalue weighted by molar-refractivity contribution is -0.157. The summed E-state index contributed by atoms with van der Waals surface area (Å²) in [5.41, 5.74) is 2.28. The zero-order valence-electron chi connectivity index (χ0n) is 16.1. The van der Waals surface area contributed by atoms with Gasteiger partial charge in [0.2, 0.25) is 5.91 Å². The van der Waals surface area contributed by atoms with Crippen molar-refractivity contribution >= 4 is 5.91 Å². The van der Waals surface area contributed by atoms with Gasteiger partial charge >= 0.3 is 0 Å². The number of aryl methyl sites for hydroxylation is 1. The number of carbonyl (C=O) groups excluding carboxylic acids is 1. The molecule has 1 aromatic rings. The maximum atomic E-state index is 12.1. The van der Waals surface area contributed by atoms with E-state index >= 15 is 0 Å². The van der Waals surface area contributed by atoms with Crippen molar-refractivity contribution in [1.82, 2.24) is 9.80 Å². The minimum absolute atomic E-state index is 0.0731. The van der Waals surface area contributed by atoms with Crippen LogP contribution in [-0.4, -0.2) is 52.1 Å². The van der Waals surface area contributed by atoms with Crippen LogP contribution in [0.25, 0.3) is 0 Å². The number of nitrogens with zero attached hydrogens (tertiary/aromatic N) is 2. The molecule has 3 rings (SSSR count). The number of benzene rings is 1. The third-order valence-corrected chi connectivity index (χ3v) is 6.42. The molecule has 4 heteroatoms. The predicted octanol–water partition coefficient (Wildman–Crippen LogP) is 2.97. The van der Waals surface area contributed by atoms with Gasteiger partial charge in [0, 0.05) is 20.0 Å². The summed E-state index contributed by atoms with van der Waals surface area (Å²) in [6.07, 6.45) is 2.46. The van der Waals surface area contributed by atoms with Crippen LogP contribution in [0.4, 0.5) is 0 Å². The fourth-order valence-electron chi connectivity index (χ4n) is 4.58. The van der Waals surface area contributed by atoms with Crippen LogP contribution in [0, 0.1) is 12.3 Å². The number of amides is 1. The molecule has 0 aliphatic carbocycles. The standard InChI is InChI=1S/C21H32N2O2/c1-16-6-5-7-18(12-16)14-22-10-8-21(9-11-22)13-19(25)20(3,4)23(15-21)17(2)24/h5-7,12,19,25H,8-11,13-15H2,1-4H3/t19-/m0/s1. The Labute approximate surface area is 151 Å². The normalized spacial score (nSPS) is 26.0. The van der Waals surface area contributed by atoms with Crippen LogP contribution in [-0.2, 0) is 11.3 Å². The van der Waals surface area contributed by atoms with Crippen LogP contribution >= 0.6 is 0 Å². The quantitative estimate of drug-likeness (QED) is 0.897. The van der Waals surface area contributed by atoms with E-state index in [0.717, 1.165) is 45.4 Å². The first-order chi connectivity index (χ1) is 11.7. The van der Waals surface area contributed by atoms with Gasteiger partial charge in [-0.15, -0.1) is 0 Å². The second-order valence-electron chi connectivity index (χ2n) is 8.74. The van der Waals surface area contributed by atoms with Crippen LogP contribution in [0.1, 0.15) is 51.2 Å². The summed E-state index contributed by atoms with van der Waals surface area (Å²) in [5.74, 6) is 0.0744. The monoisotopic (exact) mass is 344 g/mol. The zero-order valence-corrected chi connectivity index (χ0v) is 16.1. The Morgan fingerprint density at radius 1 is 1.28 bits per heavy atom. The fourth-order valence-corrected chi connectivity index (χ4v) is 4.58. The minimum atomic E-state index is -0.463. The predicted molar refractivity (Wildman–Crippen MR) is 100 cm³/mol. The van der Waals surface area contributed by atoms with Crippen LogP contribution in [0.2, 0.25) is 0 Å². The molecule has 2 aliphatic rings. The summed E-state index contributed by atoms with van der Waals surface area (Å²) < 4.78 is 0. The van der Waals surface area contributed by atoms with Crippen molar-refractivity contribution in [3.05, 3.63) is 35.4 Å². The maximum Gasteiger partial charge on any atom is 0.219 e. The van der Waals surface area contributed by atoms with E-state index in [1.54, 1.807) is 6.92 Å². The number of likely N-dealkylation sites (tertiary alicyclic amines) is 2. The Morgan fingerprint density at radius 2 is 1.96 bits per heavy atom. The third kappa shape index (κ3) is 3.75. The number of piperidine rings is 2. The van der Waals surface area contributed by atoms with Gasteiger partial charge in [0.15, 0.2) is 0 Å². The van der Waals surface area contributed by atoms with Crippen molar-refractivity contribution in [2.45, 2.75) is 65.1 Å². The van der Waals surface area contributed by atoms with Gasteiger partial charge in [-0.1, -0.05) is 29.8 Å². The Morgan fingerprint density at radius 3 is 2.56 bits per heavy atom. The SMILES string of the molecule is CC(=O)N1CC2(CCN(Cc3cccc(C)c3)CC2)C[C@H](O)C1(C)C. The van der Waals surface area contributed by atoms with Gasteiger partial charge in [-0.3, -0.25) is 9.69 Å². The lowest BCUT2D eigenvalue weighted by Crippen LogP contribution is -2.64. The van der Waals surface area contributed by atoms with Gasteiger partial charge in [0.25, 0.3) is 0 Å². The summed E-state index contributed by atoms with van der Waals surface area (Å²) in [6.45, 7) is 11.6. The lowest BCUT2D eigenvalue weighted by Gasteiger charge is -2.55. The molecule has 2 heterocycles. The van der Waals surface area contributed by atoms with E-state index in [9.17, 15) is 9.90 Å². The first-order valence-corrected chi connectivity index (χ1v) is 9.46. The Hall–Kier alpha value is -1.39. The Bertz CT molecular complexity index is 633. The Balaban J connectivity index is 1.65. The highest BCUT2D eigenvalue weighted by Crippen LogP contribution is 2.45. The fraction of sp³-hybridized carbons (Fsp3) is 0.667. The van der Waals surface area contributed by atoms with Gasteiger partial charge in [-0.25, -0.2) is 0 Å². The van der Waals surface area contributed by atoms with E-state index in [1.165, 1.54) is 11.1 Å². The van der Waals surface area contributed by atoms with Gasteiger partial charge in [0.1, 0.15) is 0 Å². The van der Waals surface area contributed by atoms with Crippen molar-refractivity contribution in [2.24, 2.45) is 5.41 Å². The molecule has 2 saturated heterocycles. The van der Waals surface area contributed by atoms with E-state index in [1.807, 2.05) is 18.7 Å². The number of hydrogen-bond donors (Lipinski definition) is 1. The molecule has 4 nitrogen and oxygen atoms in total. The average Bonchev–Trinajstić information content (AvgIpc) is 2.53. The molecule has 0 radical (unpaired) electrons. The summed E-state index contributed by atoms with van der Waals surface area (Å²) in [4.78, 5) is 16.5. The van der Waals surface area contributed by atoms with Gasteiger partial charge in [-0.05, 0) is 64.1 Å². The van der Waals surface area contributed by atoms with Crippen LogP contribution in [0.3, 0.4) is 0 Å².